The van der Waals surface area contributed by atoms with Gasteiger partial charge in [0.25, 0.3) is 0 Å². The van der Waals surface area contributed by atoms with Crippen molar-refractivity contribution in [2.75, 3.05) is 26.2 Å². The summed E-state index contributed by atoms with van der Waals surface area (Å²) in [6.07, 6.45) is 2.71. The summed E-state index contributed by atoms with van der Waals surface area (Å²) in [5, 5.41) is 8.84. The zero-order valence-corrected chi connectivity index (χ0v) is 7.78. The minimum atomic E-state index is -0.759. The highest BCUT2D eigenvalue weighted by Gasteiger charge is 2.30. The van der Waals surface area contributed by atoms with Crippen molar-refractivity contribution in [3.8, 4) is 0 Å². The molecule has 0 unspecified atom stereocenters. The van der Waals surface area contributed by atoms with Gasteiger partial charge in [-0.25, -0.2) is 4.79 Å². The maximum absolute atomic E-state index is 10.7. The second kappa shape index (κ2) is 3.54. The largest absolute Gasteiger partial charge is 0.465 e. The first-order valence-corrected chi connectivity index (χ1v) is 4.99. The first-order valence-electron chi connectivity index (χ1n) is 4.99. The summed E-state index contributed by atoms with van der Waals surface area (Å²) in [6.45, 7) is 3.77. The van der Waals surface area contributed by atoms with Crippen LogP contribution < -0.4 is 0 Å². The highest BCUT2D eigenvalue weighted by atomic mass is 16.4. The topological polar surface area (TPSA) is 43.8 Å². The van der Waals surface area contributed by atoms with E-state index >= 15 is 0 Å². The molecule has 0 aliphatic carbocycles. The summed E-state index contributed by atoms with van der Waals surface area (Å²) >= 11 is 0. The Morgan fingerprint density at radius 3 is 2.54 bits per heavy atom. The lowest BCUT2D eigenvalue weighted by Gasteiger charge is -2.42. The Balaban J connectivity index is 1.87. The molecule has 2 heterocycles. The van der Waals surface area contributed by atoms with Gasteiger partial charge in [-0.1, -0.05) is 0 Å². The molecule has 2 saturated heterocycles. The Morgan fingerprint density at radius 1 is 1.23 bits per heavy atom. The molecule has 0 spiro atoms. The summed E-state index contributed by atoms with van der Waals surface area (Å²) in [6, 6.07) is 0.499. The summed E-state index contributed by atoms with van der Waals surface area (Å²) in [5.41, 5.74) is 0. The molecule has 13 heavy (non-hydrogen) atoms. The second-order valence-corrected chi connectivity index (χ2v) is 3.91. The molecule has 0 saturated carbocycles. The minimum absolute atomic E-state index is 0.499. The van der Waals surface area contributed by atoms with E-state index in [9.17, 15) is 4.79 Å². The van der Waals surface area contributed by atoms with Gasteiger partial charge in [-0.3, -0.25) is 4.90 Å². The first kappa shape index (κ1) is 8.81. The molecule has 2 rings (SSSR count). The highest BCUT2D eigenvalue weighted by Crippen LogP contribution is 2.20. The van der Waals surface area contributed by atoms with E-state index in [0.29, 0.717) is 6.04 Å². The molecule has 74 valence electrons. The van der Waals surface area contributed by atoms with E-state index in [1.807, 2.05) is 0 Å². The average molecular weight is 184 g/mol. The fourth-order valence-electron chi connectivity index (χ4n) is 2.13. The molecule has 4 nitrogen and oxygen atoms in total. The van der Waals surface area contributed by atoms with Crippen molar-refractivity contribution in [2.45, 2.75) is 25.3 Å². The molecule has 1 atom stereocenters. The summed E-state index contributed by atoms with van der Waals surface area (Å²) in [4.78, 5) is 14.7. The lowest BCUT2D eigenvalue weighted by molar-refractivity contribution is 0.0537. The van der Waals surface area contributed by atoms with E-state index in [1.54, 1.807) is 4.90 Å². The van der Waals surface area contributed by atoms with Gasteiger partial charge in [0.2, 0.25) is 0 Å². The van der Waals surface area contributed by atoms with Crippen LogP contribution >= 0.6 is 0 Å². The molecule has 1 amide bonds. The van der Waals surface area contributed by atoms with Gasteiger partial charge in [0.1, 0.15) is 0 Å². The Labute approximate surface area is 78.1 Å². The Bertz CT molecular complexity index is 204. The van der Waals surface area contributed by atoms with Crippen molar-refractivity contribution < 1.29 is 9.90 Å². The fourth-order valence-corrected chi connectivity index (χ4v) is 2.13. The van der Waals surface area contributed by atoms with Gasteiger partial charge in [-0.2, -0.15) is 0 Å². The van der Waals surface area contributed by atoms with Gasteiger partial charge in [0, 0.05) is 19.1 Å². The van der Waals surface area contributed by atoms with Crippen LogP contribution in [0.4, 0.5) is 4.79 Å². The molecule has 2 aliphatic heterocycles. The van der Waals surface area contributed by atoms with Gasteiger partial charge < -0.3 is 10.0 Å². The van der Waals surface area contributed by atoms with E-state index in [0.717, 1.165) is 32.6 Å². The SMILES string of the molecule is O=C(O)N1CCC[C@H](N2CCC2)C1. The smallest absolute Gasteiger partial charge is 0.407 e. The van der Waals surface area contributed by atoms with Crippen molar-refractivity contribution in [3.63, 3.8) is 0 Å². The second-order valence-electron chi connectivity index (χ2n) is 3.91. The van der Waals surface area contributed by atoms with Crippen LogP contribution in [0, 0.1) is 0 Å². The Morgan fingerprint density at radius 2 is 2.00 bits per heavy atom. The van der Waals surface area contributed by atoms with Crippen LogP contribution in [-0.4, -0.2) is 53.2 Å². The molecule has 0 radical (unpaired) electrons. The van der Waals surface area contributed by atoms with E-state index in [2.05, 4.69) is 4.90 Å². The van der Waals surface area contributed by atoms with E-state index in [1.165, 1.54) is 12.8 Å². The lowest BCUT2D eigenvalue weighted by Crippen LogP contribution is -2.53. The molecule has 0 aromatic rings. The number of amides is 1. The number of carboxylic acid groups (broad SMARTS) is 1. The number of likely N-dealkylation sites (tertiary alicyclic amines) is 2. The predicted octanol–water partition coefficient (Wildman–Crippen LogP) is 0.835. The summed E-state index contributed by atoms with van der Waals surface area (Å²) < 4.78 is 0. The molecule has 2 fully saturated rings. The Kier molecular flexibility index (Phi) is 2.40. The van der Waals surface area contributed by atoms with Crippen LogP contribution in [0.15, 0.2) is 0 Å². The third-order valence-corrected chi connectivity index (χ3v) is 3.07. The van der Waals surface area contributed by atoms with E-state index in [-0.39, 0.29) is 0 Å². The van der Waals surface area contributed by atoms with Gasteiger partial charge in [0.15, 0.2) is 0 Å². The fraction of sp³-hybridized carbons (Fsp3) is 0.889. The quantitative estimate of drug-likeness (QED) is 0.656. The molecule has 0 aromatic heterocycles. The molecule has 0 aromatic carbocycles. The maximum atomic E-state index is 10.7. The number of rotatable bonds is 1. The predicted molar refractivity (Wildman–Crippen MR) is 48.8 cm³/mol. The lowest BCUT2D eigenvalue weighted by atomic mass is 10.0. The number of piperidine rings is 1. The minimum Gasteiger partial charge on any atom is -0.465 e. The molecule has 1 N–H and O–H groups in total. The molecule has 4 heteroatoms. The van der Waals surface area contributed by atoms with Crippen LogP contribution in [0.1, 0.15) is 19.3 Å². The third-order valence-electron chi connectivity index (χ3n) is 3.07. The number of hydrogen-bond donors (Lipinski definition) is 1. The maximum Gasteiger partial charge on any atom is 0.407 e. The first-order chi connectivity index (χ1) is 6.27. The normalized spacial score (nSPS) is 29.8. The van der Waals surface area contributed by atoms with Gasteiger partial charge >= 0.3 is 6.09 Å². The van der Waals surface area contributed by atoms with Crippen molar-refractivity contribution >= 4 is 6.09 Å². The number of hydrogen-bond acceptors (Lipinski definition) is 2. The standard InChI is InChI=1S/C9H16N2O2/c12-9(13)11-4-1-3-8(7-11)10-5-2-6-10/h8H,1-7H2,(H,12,13)/t8-/m0/s1. The Hall–Kier alpha value is -0.770. The van der Waals surface area contributed by atoms with Crippen molar-refractivity contribution in [1.29, 1.82) is 0 Å². The van der Waals surface area contributed by atoms with E-state index < -0.39 is 6.09 Å². The molecule has 0 bridgehead atoms. The van der Waals surface area contributed by atoms with E-state index in [4.69, 9.17) is 5.11 Å². The van der Waals surface area contributed by atoms with Crippen LogP contribution in [0.3, 0.4) is 0 Å². The van der Waals surface area contributed by atoms with Gasteiger partial charge in [-0.15, -0.1) is 0 Å². The van der Waals surface area contributed by atoms with Crippen LogP contribution in [-0.2, 0) is 0 Å². The number of nitrogens with zero attached hydrogens (tertiary/aromatic N) is 2. The molecule has 2 aliphatic rings. The zero-order chi connectivity index (χ0) is 9.26. The van der Waals surface area contributed by atoms with Gasteiger partial charge in [-0.05, 0) is 32.4 Å². The van der Waals surface area contributed by atoms with Crippen LogP contribution in [0.25, 0.3) is 0 Å². The monoisotopic (exact) mass is 184 g/mol. The van der Waals surface area contributed by atoms with Crippen molar-refractivity contribution in [2.24, 2.45) is 0 Å². The summed E-state index contributed by atoms with van der Waals surface area (Å²) in [5.74, 6) is 0. The van der Waals surface area contributed by atoms with Crippen LogP contribution in [0.2, 0.25) is 0 Å². The van der Waals surface area contributed by atoms with Gasteiger partial charge in [0.05, 0.1) is 0 Å². The average Bonchev–Trinajstić information content (AvgIpc) is 2.01. The molecular formula is C9H16N2O2. The van der Waals surface area contributed by atoms with Crippen molar-refractivity contribution in [3.05, 3.63) is 0 Å². The van der Waals surface area contributed by atoms with Crippen molar-refractivity contribution in [1.82, 2.24) is 9.80 Å². The summed E-state index contributed by atoms with van der Waals surface area (Å²) in [7, 11) is 0. The molecular weight excluding hydrogens is 168 g/mol. The highest BCUT2D eigenvalue weighted by molar-refractivity contribution is 5.65. The van der Waals surface area contributed by atoms with Crippen LogP contribution in [0.5, 0.6) is 0 Å². The zero-order valence-electron chi connectivity index (χ0n) is 7.78. The third kappa shape index (κ3) is 1.77. The number of carbonyl (C=O) groups is 1.